The number of carboxylic acids is 1. The molecule has 2 aromatic carbocycles. The van der Waals surface area contributed by atoms with Gasteiger partial charge < -0.3 is 9.84 Å². The molecule has 2 rings (SSSR count). The Bertz CT molecular complexity index is 751. The van der Waals surface area contributed by atoms with E-state index in [2.05, 4.69) is 49.2 Å². The molecule has 0 saturated carbocycles. The van der Waals surface area contributed by atoms with Crippen molar-refractivity contribution in [2.75, 3.05) is 13.4 Å². The minimum Gasteiger partial charge on any atom is -0.478 e. The SMILES string of the molecule is COC(=O)c1ccc(Br)cc1SC.O=C(O)c1ccc(Br)cc1S. The van der Waals surface area contributed by atoms with Gasteiger partial charge in [0.15, 0.2) is 0 Å². The summed E-state index contributed by atoms with van der Waals surface area (Å²) in [6.07, 6.45) is 1.92. The first-order chi connectivity index (χ1) is 11.3. The minimum atomic E-state index is -0.956. The van der Waals surface area contributed by atoms with Crippen molar-refractivity contribution >= 4 is 68.2 Å². The van der Waals surface area contributed by atoms with Gasteiger partial charge in [0.1, 0.15) is 0 Å². The van der Waals surface area contributed by atoms with Crippen LogP contribution in [0.25, 0.3) is 0 Å². The van der Waals surface area contributed by atoms with Crippen molar-refractivity contribution in [3.63, 3.8) is 0 Å². The summed E-state index contributed by atoms with van der Waals surface area (Å²) in [5.41, 5.74) is 0.828. The van der Waals surface area contributed by atoms with E-state index >= 15 is 0 Å². The molecule has 0 heterocycles. The number of hydrogen-bond donors (Lipinski definition) is 2. The monoisotopic (exact) mass is 492 g/mol. The predicted molar refractivity (Wildman–Crippen MR) is 106 cm³/mol. The number of ether oxygens (including phenoxy) is 1. The number of aromatic carboxylic acids is 1. The number of esters is 1. The largest absolute Gasteiger partial charge is 0.478 e. The third-order valence-corrected chi connectivity index (χ3v) is 4.89. The molecule has 0 amide bonds. The average Bonchev–Trinajstić information content (AvgIpc) is 2.54. The van der Waals surface area contributed by atoms with Gasteiger partial charge in [-0.2, -0.15) is 0 Å². The highest BCUT2D eigenvalue weighted by atomic mass is 79.9. The van der Waals surface area contributed by atoms with Crippen molar-refractivity contribution in [3.8, 4) is 0 Å². The van der Waals surface area contributed by atoms with Crippen LogP contribution >= 0.6 is 56.3 Å². The number of rotatable bonds is 3. The smallest absolute Gasteiger partial charge is 0.338 e. The zero-order valence-corrected chi connectivity index (χ0v) is 17.6. The first-order valence-electron chi connectivity index (χ1n) is 6.43. The summed E-state index contributed by atoms with van der Waals surface area (Å²) in [6.45, 7) is 0. The molecule has 4 nitrogen and oxygen atoms in total. The molecule has 0 fully saturated rings. The fraction of sp³-hybridized carbons (Fsp3) is 0.125. The van der Waals surface area contributed by atoms with Gasteiger partial charge in [-0.05, 0) is 42.7 Å². The maximum Gasteiger partial charge on any atom is 0.338 e. The number of thiol groups is 1. The Morgan fingerprint density at radius 1 is 1.08 bits per heavy atom. The van der Waals surface area contributed by atoms with E-state index in [9.17, 15) is 9.59 Å². The highest BCUT2D eigenvalue weighted by molar-refractivity contribution is 9.10. The molecule has 1 N–H and O–H groups in total. The molecule has 0 saturated heterocycles. The van der Waals surface area contributed by atoms with Gasteiger partial charge in [-0.15, -0.1) is 24.4 Å². The standard InChI is InChI=1S/C9H9BrO2S.C7H5BrO2S/c1-12-9(11)7-4-3-6(10)5-8(7)13-2;8-4-1-2-5(7(9)10)6(11)3-4/h3-5H,1-2H3;1-3,11H,(H,9,10). The van der Waals surface area contributed by atoms with Crippen LogP contribution in [0, 0.1) is 0 Å². The van der Waals surface area contributed by atoms with E-state index in [1.54, 1.807) is 18.2 Å². The number of thioether (sulfide) groups is 1. The van der Waals surface area contributed by atoms with Crippen LogP contribution in [0.4, 0.5) is 0 Å². The van der Waals surface area contributed by atoms with Crippen molar-refractivity contribution in [3.05, 3.63) is 56.5 Å². The van der Waals surface area contributed by atoms with Crippen LogP contribution in [0.5, 0.6) is 0 Å². The van der Waals surface area contributed by atoms with Crippen LogP contribution in [0.15, 0.2) is 55.1 Å². The van der Waals surface area contributed by atoms with E-state index in [-0.39, 0.29) is 11.5 Å². The quantitative estimate of drug-likeness (QED) is 0.340. The van der Waals surface area contributed by atoms with Crippen molar-refractivity contribution in [2.45, 2.75) is 9.79 Å². The maximum absolute atomic E-state index is 11.3. The fourth-order valence-electron chi connectivity index (χ4n) is 1.63. The van der Waals surface area contributed by atoms with Crippen LogP contribution in [-0.2, 0) is 4.74 Å². The molecule has 0 spiro atoms. The van der Waals surface area contributed by atoms with Gasteiger partial charge in [-0.1, -0.05) is 31.9 Å². The molecule has 0 aliphatic heterocycles. The van der Waals surface area contributed by atoms with Gasteiger partial charge in [0, 0.05) is 18.7 Å². The highest BCUT2D eigenvalue weighted by Gasteiger charge is 2.10. The third kappa shape index (κ3) is 6.16. The van der Waals surface area contributed by atoms with E-state index < -0.39 is 5.97 Å². The van der Waals surface area contributed by atoms with Gasteiger partial charge in [-0.25, -0.2) is 9.59 Å². The van der Waals surface area contributed by atoms with Gasteiger partial charge in [-0.3, -0.25) is 0 Å². The van der Waals surface area contributed by atoms with Crippen molar-refractivity contribution in [1.29, 1.82) is 0 Å². The van der Waals surface area contributed by atoms with Gasteiger partial charge in [0.2, 0.25) is 0 Å². The van der Waals surface area contributed by atoms with E-state index in [0.717, 1.165) is 13.8 Å². The topological polar surface area (TPSA) is 63.6 Å². The van der Waals surface area contributed by atoms with E-state index in [1.807, 2.05) is 18.4 Å². The molecule has 0 aromatic heterocycles. The summed E-state index contributed by atoms with van der Waals surface area (Å²) in [7, 11) is 1.38. The van der Waals surface area contributed by atoms with Crippen LogP contribution in [0.1, 0.15) is 20.7 Å². The summed E-state index contributed by atoms with van der Waals surface area (Å²) in [4.78, 5) is 23.1. The molecule has 8 heteroatoms. The molecule has 0 unspecified atom stereocenters. The average molecular weight is 494 g/mol. The summed E-state index contributed by atoms with van der Waals surface area (Å²) in [5.74, 6) is -1.25. The van der Waals surface area contributed by atoms with Crippen LogP contribution in [-0.4, -0.2) is 30.4 Å². The van der Waals surface area contributed by atoms with Gasteiger partial charge in [0.25, 0.3) is 0 Å². The Balaban J connectivity index is 0.000000243. The zero-order valence-electron chi connectivity index (χ0n) is 12.7. The number of carbonyl (C=O) groups excluding carboxylic acids is 1. The second kappa shape index (κ2) is 10.1. The molecule has 0 atom stereocenters. The number of methoxy groups -OCH3 is 1. The summed E-state index contributed by atoms with van der Waals surface area (Å²) in [5, 5.41) is 8.59. The molecule has 128 valence electrons. The molecule has 24 heavy (non-hydrogen) atoms. The maximum atomic E-state index is 11.3. The van der Waals surface area contributed by atoms with E-state index in [4.69, 9.17) is 5.11 Å². The fourth-order valence-corrected chi connectivity index (χ4v) is 3.61. The third-order valence-electron chi connectivity index (χ3n) is 2.76. The van der Waals surface area contributed by atoms with Crippen molar-refractivity contribution in [2.24, 2.45) is 0 Å². The predicted octanol–water partition coefficient (Wildman–Crippen LogP) is 5.39. The van der Waals surface area contributed by atoms with Gasteiger partial charge >= 0.3 is 11.9 Å². The summed E-state index contributed by atoms with van der Waals surface area (Å²) >= 11 is 12.1. The lowest BCUT2D eigenvalue weighted by atomic mass is 10.2. The Kier molecular flexibility index (Phi) is 8.90. The number of halogens is 2. The van der Waals surface area contributed by atoms with Crippen molar-refractivity contribution < 1.29 is 19.4 Å². The van der Waals surface area contributed by atoms with E-state index in [1.165, 1.54) is 24.9 Å². The van der Waals surface area contributed by atoms with Crippen LogP contribution in [0.3, 0.4) is 0 Å². The summed E-state index contributed by atoms with van der Waals surface area (Å²) in [6, 6.07) is 10.3. The molecular weight excluding hydrogens is 480 g/mol. The molecule has 0 bridgehead atoms. The lowest BCUT2D eigenvalue weighted by Gasteiger charge is -2.04. The second-order valence-electron chi connectivity index (χ2n) is 4.30. The summed E-state index contributed by atoms with van der Waals surface area (Å²) < 4.78 is 6.44. The number of carboxylic acid groups (broad SMARTS) is 1. The molecule has 0 aliphatic carbocycles. The molecule has 2 aromatic rings. The number of hydrogen-bond acceptors (Lipinski definition) is 5. The van der Waals surface area contributed by atoms with Crippen molar-refractivity contribution in [1.82, 2.24) is 0 Å². The van der Waals surface area contributed by atoms with Crippen LogP contribution in [0.2, 0.25) is 0 Å². The van der Waals surface area contributed by atoms with Gasteiger partial charge in [0.05, 0.1) is 18.2 Å². The second-order valence-corrected chi connectivity index (χ2v) is 7.46. The Hall–Kier alpha value is -0.960. The lowest BCUT2D eigenvalue weighted by molar-refractivity contribution is 0.0596. The molecule has 0 radical (unpaired) electrons. The Labute approximate surface area is 166 Å². The highest BCUT2D eigenvalue weighted by Crippen LogP contribution is 2.25. The normalized spacial score (nSPS) is 9.71. The molecule has 0 aliphatic rings. The molecular formula is C16H14Br2O4S2. The number of carbonyl (C=O) groups is 2. The van der Waals surface area contributed by atoms with E-state index in [0.29, 0.717) is 10.5 Å². The first-order valence-corrected chi connectivity index (χ1v) is 9.69. The first kappa shape index (κ1) is 21.1. The zero-order chi connectivity index (χ0) is 18.3. The lowest BCUT2D eigenvalue weighted by Crippen LogP contribution is -2.02. The minimum absolute atomic E-state index is 0.219. The van der Waals surface area contributed by atoms with Crippen LogP contribution < -0.4 is 0 Å². The Morgan fingerprint density at radius 2 is 1.62 bits per heavy atom. The Morgan fingerprint density at radius 3 is 2.08 bits per heavy atom. The number of benzene rings is 2.